The molecule has 0 aliphatic heterocycles. The molecule has 1 heterocycles. The molecule has 0 unspecified atom stereocenters. The number of benzene rings is 1. The lowest BCUT2D eigenvalue weighted by Gasteiger charge is -2.18. The Hall–Kier alpha value is -3.22. The zero-order valence-corrected chi connectivity index (χ0v) is 15.0. The first-order valence-electron chi connectivity index (χ1n) is 8.26. The standard InChI is InChI=1S/C19H21N3O4/c1-4-22(5-2)18(24)16-8-6-7-15(21-16)17(23)20-14-11-9-13(10-12-14)19(25)26-3/h6-12H,4-5H2,1-3H3,(H,20,23). The summed E-state index contributed by atoms with van der Waals surface area (Å²) in [6, 6.07) is 11.0. The second-order valence-electron chi connectivity index (χ2n) is 5.41. The molecule has 0 radical (unpaired) electrons. The van der Waals surface area contributed by atoms with Gasteiger partial charge in [-0.25, -0.2) is 9.78 Å². The van der Waals surface area contributed by atoms with E-state index in [1.807, 2.05) is 13.8 Å². The van der Waals surface area contributed by atoms with Gasteiger partial charge in [0, 0.05) is 18.8 Å². The number of rotatable bonds is 6. The van der Waals surface area contributed by atoms with Gasteiger partial charge in [0.15, 0.2) is 0 Å². The van der Waals surface area contributed by atoms with Crippen LogP contribution in [0.25, 0.3) is 0 Å². The lowest BCUT2D eigenvalue weighted by molar-refractivity contribution is 0.0600. The SMILES string of the molecule is CCN(CC)C(=O)c1cccc(C(=O)Nc2ccc(C(=O)OC)cc2)n1. The minimum absolute atomic E-state index is 0.139. The van der Waals surface area contributed by atoms with Crippen molar-refractivity contribution in [3.05, 3.63) is 59.4 Å². The monoisotopic (exact) mass is 355 g/mol. The van der Waals surface area contributed by atoms with Crippen LogP contribution in [0.3, 0.4) is 0 Å². The summed E-state index contributed by atoms with van der Waals surface area (Å²) in [5, 5.41) is 2.69. The van der Waals surface area contributed by atoms with Crippen molar-refractivity contribution >= 4 is 23.5 Å². The number of carbonyl (C=O) groups is 3. The first-order chi connectivity index (χ1) is 12.5. The van der Waals surface area contributed by atoms with Crippen LogP contribution in [0.1, 0.15) is 45.2 Å². The number of carbonyl (C=O) groups excluding carboxylic acids is 3. The molecule has 2 aromatic rings. The van der Waals surface area contributed by atoms with E-state index in [4.69, 9.17) is 0 Å². The average Bonchev–Trinajstić information content (AvgIpc) is 2.68. The van der Waals surface area contributed by atoms with E-state index in [1.54, 1.807) is 41.3 Å². The molecule has 1 aromatic heterocycles. The molecule has 2 rings (SSSR count). The van der Waals surface area contributed by atoms with Gasteiger partial charge in [-0.05, 0) is 50.2 Å². The minimum atomic E-state index is -0.452. The minimum Gasteiger partial charge on any atom is -0.465 e. The van der Waals surface area contributed by atoms with E-state index in [9.17, 15) is 14.4 Å². The van der Waals surface area contributed by atoms with Gasteiger partial charge in [-0.15, -0.1) is 0 Å². The van der Waals surface area contributed by atoms with Crippen molar-refractivity contribution in [1.29, 1.82) is 0 Å². The van der Waals surface area contributed by atoms with Gasteiger partial charge >= 0.3 is 5.97 Å². The fourth-order valence-electron chi connectivity index (χ4n) is 2.36. The number of amides is 2. The number of methoxy groups -OCH3 is 1. The molecule has 7 heteroatoms. The summed E-state index contributed by atoms with van der Waals surface area (Å²) < 4.78 is 4.63. The fourth-order valence-corrected chi connectivity index (χ4v) is 2.36. The lowest BCUT2D eigenvalue weighted by Crippen LogP contribution is -2.31. The van der Waals surface area contributed by atoms with E-state index in [0.29, 0.717) is 24.3 Å². The summed E-state index contributed by atoms with van der Waals surface area (Å²) in [6.45, 7) is 4.91. The van der Waals surface area contributed by atoms with Gasteiger partial charge in [-0.3, -0.25) is 9.59 Å². The summed E-state index contributed by atoms with van der Waals surface area (Å²) in [5.74, 6) is -1.11. The van der Waals surface area contributed by atoms with Crippen molar-refractivity contribution in [3.63, 3.8) is 0 Å². The van der Waals surface area contributed by atoms with Gasteiger partial charge in [0.05, 0.1) is 12.7 Å². The molecule has 0 aliphatic carbocycles. The maximum absolute atomic E-state index is 12.4. The van der Waals surface area contributed by atoms with Crippen molar-refractivity contribution in [2.24, 2.45) is 0 Å². The summed E-state index contributed by atoms with van der Waals surface area (Å²) in [6.07, 6.45) is 0. The normalized spacial score (nSPS) is 10.1. The number of pyridine rings is 1. The van der Waals surface area contributed by atoms with Crippen molar-refractivity contribution in [1.82, 2.24) is 9.88 Å². The molecular weight excluding hydrogens is 334 g/mol. The van der Waals surface area contributed by atoms with Crippen LogP contribution in [-0.2, 0) is 4.74 Å². The number of nitrogens with one attached hydrogen (secondary N) is 1. The van der Waals surface area contributed by atoms with Crippen molar-refractivity contribution < 1.29 is 19.1 Å². The van der Waals surface area contributed by atoms with E-state index in [2.05, 4.69) is 15.0 Å². The predicted octanol–water partition coefficient (Wildman–Crippen LogP) is 2.60. The third kappa shape index (κ3) is 4.44. The van der Waals surface area contributed by atoms with Gasteiger partial charge in [-0.1, -0.05) is 6.07 Å². The van der Waals surface area contributed by atoms with Crippen LogP contribution in [0.4, 0.5) is 5.69 Å². The van der Waals surface area contributed by atoms with Gasteiger partial charge in [-0.2, -0.15) is 0 Å². The predicted molar refractivity (Wildman–Crippen MR) is 97.2 cm³/mol. The highest BCUT2D eigenvalue weighted by Crippen LogP contribution is 2.12. The van der Waals surface area contributed by atoms with Crippen molar-refractivity contribution in [3.8, 4) is 0 Å². The Labute approximate surface area is 152 Å². The van der Waals surface area contributed by atoms with Gasteiger partial charge in [0.2, 0.25) is 0 Å². The quantitative estimate of drug-likeness (QED) is 0.805. The molecule has 0 saturated carbocycles. The maximum Gasteiger partial charge on any atom is 0.337 e. The van der Waals surface area contributed by atoms with E-state index in [0.717, 1.165) is 0 Å². The molecule has 0 bridgehead atoms. The van der Waals surface area contributed by atoms with Crippen molar-refractivity contribution in [2.45, 2.75) is 13.8 Å². The van der Waals surface area contributed by atoms with Crippen LogP contribution >= 0.6 is 0 Å². The Morgan fingerprint density at radius 3 is 2.19 bits per heavy atom. The van der Waals surface area contributed by atoms with Gasteiger partial charge < -0.3 is 15.0 Å². The average molecular weight is 355 g/mol. The Balaban J connectivity index is 2.14. The number of esters is 1. The molecule has 2 amide bonds. The molecule has 136 valence electrons. The Morgan fingerprint density at radius 1 is 1.00 bits per heavy atom. The maximum atomic E-state index is 12.4. The second kappa shape index (κ2) is 8.75. The molecule has 0 fully saturated rings. The van der Waals surface area contributed by atoms with E-state index < -0.39 is 11.9 Å². The third-order valence-electron chi connectivity index (χ3n) is 3.82. The molecule has 0 atom stereocenters. The highest BCUT2D eigenvalue weighted by molar-refractivity contribution is 6.04. The zero-order valence-electron chi connectivity index (χ0n) is 15.0. The van der Waals surface area contributed by atoms with Crippen LogP contribution in [0.2, 0.25) is 0 Å². The number of nitrogens with zero attached hydrogens (tertiary/aromatic N) is 2. The Bertz CT molecular complexity index is 799. The second-order valence-corrected chi connectivity index (χ2v) is 5.41. The van der Waals surface area contributed by atoms with Gasteiger partial charge in [0.25, 0.3) is 11.8 Å². The number of hydrogen-bond donors (Lipinski definition) is 1. The third-order valence-corrected chi connectivity index (χ3v) is 3.82. The van der Waals surface area contributed by atoms with E-state index in [1.165, 1.54) is 13.2 Å². The molecule has 7 nitrogen and oxygen atoms in total. The smallest absolute Gasteiger partial charge is 0.337 e. The van der Waals surface area contributed by atoms with Crippen LogP contribution in [0.5, 0.6) is 0 Å². The van der Waals surface area contributed by atoms with Crippen LogP contribution in [0.15, 0.2) is 42.5 Å². The fraction of sp³-hybridized carbons (Fsp3) is 0.263. The van der Waals surface area contributed by atoms with E-state index in [-0.39, 0.29) is 17.3 Å². The molecule has 0 aliphatic rings. The number of ether oxygens (including phenoxy) is 1. The van der Waals surface area contributed by atoms with Gasteiger partial charge in [0.1, 0.15) is 11.4 Å². The Kier molecular flexibility index (Phi) is 6.43. The highest BCUT2D eigenvalue weighted by atomic mass is 16.5. The highest BCUT2D eigenvalue weighted by Gasteiger charge is 2.16. The van der Waals surface area contributed by atoms with Crippen molar-refractivity contribution in [2.75, 3.05) is 25.5 Å². The molecule has 1 aromatic carbocycles. The lowest BCUT2D eigenvalue weighted by atomic mass is 10.2. The zero-order chi connectivity index (χ0) is 19.1. The van der Waals surface area contributed by atoms with Crippen LogP contribution in [-0.4, -0.2) is 47.9 Å². The topological polar surface area (TPSA) is 88.6 Å². The molecule has 26 heavy (non-hydrogen) atoms. The summed E-state index contributed by atoms with van der Waals surface area (Å²) in [4.78, 5) is 42.0. The molecular formula is C19H21N3O4. The number of hydrogen-bond acceptors (Lipinski definition) is 5. The van der Waals surface area contributed by atoms with Crippen LogP contribution in [0, 0.1) is 0 Å². The summed E-state index contributed by atoms with van der Waals surface area (Å²) >= 11 is 0. The van der Waals surface area contributed by atoms with E-state index >= 15 is 0 Å². The number of aromatic nitrogens is 1. The van der Waals surface area contributed by atoms with Crippen LogP contribution < -0.4 is 5.32 Å². The summed E-state index contributed by atoms with van der Waals surface area (Å²) in [7, 11) is 1.30. The molecule has 0 spiro atoms. The summed E-state index contributed by atoms with van der Waals surface area (Å²) in [5.41, 5.74) is 1.25. The largest absolute Gasteiger partial charge is 0.465 e. The first kappa shape index (κ1) is 19.1. The Morgan fingerprint density at radius 2 is 1.62 bits per heavy atom. The molecule has 0 saturated heterocycles. The number of anilines is 1. The first-order valence-corrected chi connectivity index (χ1v) is 8.26. The molecule has 1 N–H and O–H groups in total.